The Morgan fingerprint density at radius 3 is 2.60 bits per heavy atom. The first-order valence-electron chi connectivity index (χ1n) is 9.67. The molecule has 0 saturated carbocycles. The Balaban J connectivity index is 1.44. The smallest absolute Gasteiger partial charge is 0.313 e. The molecule has 30 heavy (non-hydrogen) atoms. The highest BCUT2D eigenvalue weighted by molar-refractivity contribution is 6.39. The first-order chi connectivity index (χ1) is 14.6. The fraction of sp³-hybridized carbons (Fsp3) is 0.333. The molecule has 2 aliphatic rings. The summed E-state index contributed by atoms with van der Waals surface area (Å²) in [6.07, 6.45) is 0. The van der Waals surface area contributed by atoms with Crippen molar-refractivity contribution >= 4 is 17.5 Å². The van der Waals surface area contributed by atoms with Crippen LogP contribution in [0.1, 0.15) is 11.6 Å². The molecule has 1 fully saturated rings. The molecule has 0 bridgehead atoms. The molecule has 0 radical (unpaired) electrons. The van der Waals surface area contributed by atoms with E-state index in [-0.39, 0.29) is 25.1 Å². The Morgan fingerprint density at radius 1 is 1.03 bits per heavy atom. The van der Waals surface area contributed by atoms with Gasteiger partial charge < -0.3 is 24.8 Å². The van der Waals surface area contributed by atoms with E-state index in [1.807, 2.05) is 18.2 Å². The highest BCUT2D eigenvalue weighted by atomic mass is 19.1. The lowest BCUT2D eigenvalue weighted by molar-refractivity contribution is -0.136. The van der Waals surface area contributed by atoms with Crippen molar-refractivity contribution in [2.24, 2.45) is 0 Å². The monoisotopic (exact) mass is 415 g/mol. The summed E-state index contributed by atoms with van der Waals surface area (Å²) in [6, 6.07) is 11.1. The van der Waals surface area contributed by atoms with E-state index in [0.29, 0.717) is 37.8 Å². The molecule has 2 amide bonds. The lowest BCUT2D eigenvalue weighted by Gasteiger charge is -2.34. The van der Waals surface area contributed by atoms with E-state index in [0.717, 1.165) is 5.56 Å². The summed E-state index contributed by atoms with van der Waals surface area (Å²) >= 11 is 0. The van der Waals surface area contributed by atoms with E-state index in [4.69, 9.17) is 14.2 Å². The van der Waals surface area contributed by atoms with Crippen molar-refractivity contribution in [1.82, 2.24) is 10.2 Å². The Hall–Kier alpha value is -3.17. The molecular weight excluding hydrogens is 393 g/mol. The van der Waals surface area contributed by atoms with Crippen LogP contribution in [0.15, 0.2) is 42.5 Å². The molecule has 2 heterocycles. The highest BCUT2D eigenvalue weighted by Gasteiger charge is 2.26. The minimum atomic E-state index is -0.925. The number of benzene rings is 2. The molecule has 0 aliphatic carbocycles. The molecule has 0 aromatic heterocycles. The standard InChI is InChI=1S/C21H22FN3O5/c22-15-3-1-2-4-16(15)24-21(27)20(26)23-12-17(25-7-9-28-10-8-25)14-5-6-18-19(11-14)30-13-29-18/h1-6,11,17H,7-10,12-13H2,(H,23,26)(H,24,27)/t17-/m1/s1. The molecule has 9 heteroatoms. The fourth-order valence-electron chi connectivity index (χ4n) is 3.48. The number of ether oxygens (including phenoxy) is 3. The average Bonchev–Trinajstić information content (AvgIpc) is 3.24. The Kier molecular flexibility index (Phi) is 6.10. The minimum Gasteiger partial charge on any atom is -0.454 e. The molecule has 0 unspecified atom stereocenters. The highest BCUT2D eigenvalue weighted by Crippen LogP contribution is 2.35. The molecule has 2 aromatic rings. The topological polar surface area (TPSA) is 89.1 Å². The maximum Gasteiger partial charge on any atom is 0.313 e. The summed E-state index contributed by atoms with van der Waals surface area (Å²) in [4.78, 5) is 26.7. The van der Waals surface area contributed by atoms with E-state index in [9.17, 15) is 14.0 Å². The van der Waals surface area contributed by atoms with E-state index >= 15 is 0 Å². The average molecular weight is 415 g/mol. The maximum absolute atomic E-state index is 13.7. The van der Waals surface area contributed by atoms with Gasteiger partial charge in [0.15, 0.2) is 11.5 Å². The van der Waals surface area contributed by atoms with Crippen molar-refractivity contribution in [3.05, 3.63) is 53.8 Å². The summed E-state index contributed by atoms with van der Waals surface area (Å²) in [5.41, 5.74) is 0.883. The van der Waals surface area contributed by atoms with E-state index in [2.05, 4.69) is 15.5 Å². The first kappa shape index (κ1) is 20.1. The number of fused-ring (bicyclic) bond motifs is 1. The second kappa shape index (κ2) is 9.10. The van der Waals surface area contributed by atoms with Crippen LogP contribution < -0.4 is 20.1 Å². The van der Waals surface area contributed by atoms with Gasteiger partial charge >= 0.3 is 11.8 Å². The molecule has 2 aliphatic heterocycles. The van der Waals surface area contributed by atoms with E-state index in [1.54, 1.807) is 6.07 Å². The van der Waals surface area contributed by atoms with Crippen molar-refractivity contribution in [2.45, 2.75) is 6.04 Å². The summed E-state index contributed by atoms with van der Waals surface area (Å²) in [5, 5.41) is 4.95. The van der Waals surface area contributed by atoms with Crippen molar-refractivity contribution in [3.8, 4) is 11.5 Å². The largest absolute Gasteiger partial charge is 0.454 e. The number of carbonyl (C=O) groups is 2. The van der Waals surface area contributed by atoms with Crippen LogP contribution in [-0.2, 0) is 14.3 Å². The van der Waals surface area contributed by atoms with Gasteiger partial charge in [0.1, 0.15) is 5.82 Å². The lowest BCUT2D eigenvalue weighted by atomic mass is 10.0. The molecule has 8 nitrogen and oxygen atoms in total. The quantitative estimate of drug-likeness (QED) is 0.723. The Labute approximate surface area is 172 Å². The summed E-state index contributed by atoms with van der Waals surface area (Å²) in [6.45, 7) is 2.93. The van der Waals surface area contributed by atoms with E-state index in [1.165, 1.54) is 18.2 Å². The van der Waals surface area contributed by atoms with Gasteiger partial charge in [-0.25, -0.2) is 4.39 Å². The van der Waals surface area contributed by atoms with Gasteiger partial charge in [-0.3, -0.25) is 14.5 Å². The third-order valence-corrected chi connectivity index (χ3v) is 5.05. The van der Waals surface area contributed by atoms with Gasteiger partial charge in [-0.15, -0.1) is 0 Å². The summed E-state index contributed by atoms with van der Waals surface area (Å²) in [5.74, 6) is -1.05. The fourth-order valence-corrected chi connectivity index (χ4v) is 3.48. The number of nitrogens with zero attached hydrogens (tertiary/aromatic N) is 1. The number of halogens is 1. The van der Waals surface area contributed by atoms with Crippen LogP contribution in [0.2, 0.25) is 0 Å². The predicted molar refractivity (Wildman–Crippen MR) is 106 cm³/mol. The number of hydrogen-bond acceptors (Lipinski definition) is 6. The molecule has 0 spiro atoms. The lowest BCUT2D eigenvalue weighted by Crippen LogP contribution is -2.45. The first-order valence-corrected chi connectivity index (χ1v) is 9.67. The third-order valence-electron chi connectivity index (χ3n) is 5.05. The molecule has 2 N–H and O–H groups in total. The Morgan fingerprint density at radius 2 is 1.80 bits per heavy atom. The molecule has 158 valence electrons. The van der Waals surface area contributed by atoms with Crippen LogP contribution in [0.3, 0.4) is 0 Å². The second-order valence-electron chi connectivity index (χ2n) is 6.92. The number of anilines is 1. The van der Waals surface area contributed by atoms with Crippen molar-refractivity contribution in [3.63, 3.8) is 0 Å². The van der Waals surface area contributed by atoms with Gasteiger partial charge in [0, 0.05) is 19.6 Å². The minimum absolute atomic E-state index is 0.0434. The van der Waals surface area contributed by atoms with Crippen LogP contribution in [0.5, 0.6) is 11.5 Å². The van der Waals surface area contributed by atoms with Gasteiger partial charge in [0.2, 0.25) is 6.79 Å². The molecule has 1 saturated heterocycles. The molecule has 4 rings (SSSR count). The maximum atomic E-state index is 13.7. The predicted octanol–water partition coefficient (Wildman–Crippen LogP) is 1.68. The Bertz CT molecular complexity index is 933. The zero-order valence-corrected chi connectivity index (χ0v) is 16.2. The summed E-state index contributed by atoms with van der Waals surface area (Å²) in [7, 11) is 0. The number of nitrogens with one attached hydrogen (secondary N) is 2. The van der Waals surface area contributed by atoms with Crippen molar-refractivity contribution in [2.75, 3.05) is 45.0 Å². The van der Waals surface area contributed by atoms with Crippen molar-refractivity contribution < 1.29 is 28.2 Å². The number of carbonyl (C=O) groups excluding carboxylic acids is 2. The number of para-hydroxylation sites is 1. The SMILES string of the molecule is O=C(NC[C@H](c1ccc2c(c1)OCO2)N1CCOCC1)C(=O)Nc1ccccc1F. The van der Waals surface area contributed by atoms with E-state index < -0.39 is 17.6 Å². The van der Waals surface area contributed by atoms with Crippen LogP contribution in [0.4, 0.5) is 10.1 Å². The normalized spacial score (nSPS) is 16.7. The van der Waals surface area contributed by atoms with Crippen LogP contribution in [-0.4, -0.2) is 56.4 Å². The number of morpholine rings is 1. The second-order valence-corrected chi connectivity index (χ2v) is 6.92. The van der Waals surface area contributed by atoms with Gasteiger partial charge in [-0.2, -0.15) is 0 Å². The third kappa shape index (κ3) is 4.52. The van der Waals surface area contributed by atoms with Crippen LogP contribution in [0.25, 0.3) is 0 Å². The van der Waals surface area contributed by atoms with Crippen LogP contribution >= 0.6 is 0 Å². The zero-order chi connectivity index (χ0) is 20.9. The molecule has 1 atom stereocenters. The number of hydrogen-bond donors (Lipinski definition) is 2. The van der Waals surface area contributed by atoms with Gasteiger partial charge in [-0.05, 0) is 29.8 Å². The van der Waals surface area contributed by atoms with Gasteiger partial charge in [-0.1, -0.05) is 18.2 Å². The van der Waals surface area contributed by atoms with Crippen LogP contribution in [0, 0.1) is 5.82 Å². The molecule has 2 aromatic carbocycles. The number of amides is 2. The number of rotatable bonds is 5. The molecular formula is C21H22FN3O5. The van der Waals surface area contributed by atoms with Crippen molar-refractivity contribution in [1.29, 1.82) is 0 Å². The van der Waals surface area contributed by atoms with Gasteiger partial charge in [0.25, 0.3) is 0 Å². The van der Waals surface area contributed by atoms with Gasteiger partial charge in [0.05, 0.1) is 24.9 Å². The zero-order valence-electron chi connectivity index (χ0n) is 16.2. The summed E-state index contributed by atoms with van der Waals surface area (Å²) < 4.78 is 30.0.